The van der Waals surface area contributed by atoms with Crippen LogP contribution in [-0.2, 0) is 10.0 Å². The second kappa shape index (κ2) is 5.54. The smallest absolute Gasteiger partial charge is 0.207 e. The van der Waals surface area contributed by atoms with E-state index in [1.807, 2.05) is 6.92 Å². The van der Waals surface area contributed by atoms with E-state index in [1.54, 1.807) is 24.3 Å². The Hall–Kier alpha value is -1.75. The van der Waals surface area contributed by atoms with Crippen LogP contribution in [0.15, 0.2) is 29.2 Å². The fourth-order valence-electron chi connectivity index (χ4n) is 1.29. The Morgan fingerprint density at radius 1 is 1.12 bits per heavy atom. The van der Waals surface area contributed by atoms with Gasteiger partial charge in [-0.25, -0.2) is 8.42 Å². The summed E-state index contributed by atoms with van der Waals surface area (Å²) in [5.74, 6) is 4.58. The van der Waals surface area contributed by atoms with Gasteiger partial charge in [-0.05, 0) is 19.1 Å². The van der Waals surface area contributed by atoms with Gasteiger partial charge < -0.3 is 0 Å². The highest BCUT2D eigenvalue weighted by Gasteiger charge is 2.22. The van der Waals surface area contributed by atoms with E-state index >= 15 is 0 Å². The SMILES string of the molecule is C#CCN(CC#C)S(=O)(=O)c1ccc(C)cc1. The molecule has 0 fully saturated rings. The van der Waals surface area contributed by atoms with E-state index < -0.39 is 10.0 Å². The fourth-order valence-corrected chi connectivity index (χ4v) is 2.56. The highest BCUT2D eigenvalue weighted by Crippen LogP contribution is 2.15. The molecular formula is C13H13NO2S. The van der Waals surface area contributed by atoms with E-state index in [2.05, 4.69) is 11.8 Å². The Morgan fingerprint density at radius 2 is 1.59 bits per heavy atom. The van der Waals surface area contributed by atoms with E-state index in [4.69, 9.17) is 12.8 Å². The molecule has 0 aliphatic heterocycles. The molecule has 0 aliphatic carbocycles. The molecule has 0 spiro atoms. The zero-order valence-electron chi connectivity index (χ0n) is 9.55. The van der Waals surface area contributed by atoms with Gasteiger partial charge in [0, 0.05) is 0 Å². The van der Waals surface area contributed by atoms with Gasteiger partial charge in [-0.1, -0.05) is 29.5 Å². The van der Waals surface area contributed by atoms with Gasteiger partial charge in [0.1, 0.15) is 0 Å². The number of terminal acetylenes is 2. The first kappa shape index (κ1) is 13.3. The van der Waals surface area contributed by atoms with Crippen molar-refractivity contribution in [2.45, 2.75) is 11.8 Å². The highest BCUT2D eigenvalue weighted by atomic mass is 32.2. The number of nitrogens with zero attached hydrogens (tertiary/aromatic N) is 1. The van der Waals surface area contributed by atoms with Gasteiger partial charge in [0.05, 0.1) is 18.0 Å². The second-order valence-electron chi connectivity index (χ2n) is 3.49. The molecule has 0 bridgehead atoms. The molecule has 0 radical (unpaired) electrons. The van der Waals surface area contributed by atoms with Crippen LogP contribution in [0.5, 0.6) is 0 Å². The number of hydrogen-bond donors (Lipinski definition) is 0. The first-order chi connectivity index (χ1) is 8.02. The zero-order chi connectivity index (χ0) is 12.9. The Morgan fingerprint density at radius 3 is 2.00 bits per heavy atom. The molecule has 0 N–H and O–H groups in total. The summed E-state index contributed by atoms with van der Waals surface area (Å²) in [6.07, 6.45) is 10.3. The van der Waals surface area contributed by atoms with Crippen LogP contribution in [0.1, 0.15) is 5.56 Å². The average molecular weight is 247 g/mol. The van der Waals surface area contributed by atoms with Gasteiger partial charge in [-0.3, -0.25) is 0 Å². The first-order valence-electron chi connectivity index (χ1n) is 4.96. The van der Waals surface area contributed by atoms with E-state index in [9.17, 15) is 8.42 Å². The molecule has 0 unspecified atom stereocenters. The number of rotatable bonds is 4. The van der Waals surface area contributed by atoms with Gasteiger partial charge in [0.2, 0.25) is 10.0 Å². The van der Waals surface area contributed by atoms with Gasteiger partial charge in [0.15, 0.2) is 0 Å². The number of aryl methyl sites for hydroxylation is 1. The molecule has 0 saturated carbocycles. The summed E-state index contributed by atoms with van der Waals surface area (Å²) in [5, 5.41) is 0. The Kier molecular flexibility index (Phi) is 4.34. The minimum Gasteiger partial charge on any atom is -0.207 e. The first-order valence-corrected chi connectivity index (χ1v) is 6.40. The maximum Gasteiger partial charge on any atom is 0.244 e. The van der Waals surface area contributed by atoms with Gasteiger partial charge in [-0.2, -0.15) is 4.31 Å². The molecule has 0 saturated heterocycles. The molecule has 3 nitrogen and oxygen atoms in total. The fraction of sp³-hybridized carbons (Fsp3) is 0.231. The maximum atomic E-state index is 12.2. The van der Waals surface area contributed by atoms with Crippen molar-refractivity contribution in [3.05, 3.63) is 29.8 Å². The average Bonchev–Trinajstić information content (AvgIpc) is 2.29. The molecule has 0 amide bonds. The van der Waals surface area contributed by atoms with Crippen molar-refractivity contribution in [2.24, 2.45) is 0 Å². The van der Waals surface area contributed by atoms with Gasteiger partial charge in [-0.15, -0.1) is 12.8 Å². The minimum absolute atomic E-state index is 0.0274. The molecule has 17 heavy (non-hydrogen) atoms. The zero-order valence-corrected chi connectivity index (χ0v) is 10.4. The normalized spacial score (nSPS) is 10.8. The summed E-state index contributed by atoms with van der Waals surface area (Å²) in [6, 6.07) is 6.56. The van der Waals surface area contributed by atoms with Gasteiger partial charge >= 0.3 is 0 Å². The van der Waals surface area contributed by atoms with Crippen molar-refractivity contribution in [1.82, 2.24) is 4.31 Å². The summed E-state index contributed by atoms with van der Waals surface area (Å²) >= 11 is 0. The number of hydrogen-bond acceptors (Lipinski definition) is 2. The topological polar surface area (TPSA) is 37.4 Å². The summed E-state index contributed by atoms with van der Waals surface area (Å²) in [6.45, 7) is 1.83. The summed E-state index contributed by atoms with van der Waals surface area (Å²) in [5.41, 5.74) is 0.990. The van der Waals surface area contributed by atoms with Crippen LogP contribution in [0.3, 0.4) is 0 Å². The third-order valence-corrected chi connectivity index (χ3v) is 4.00. The van der Waals surface area contributed by atoms with E-state index in [-0.39, 0.29) is 18.0 Å². The van der Waals surface area contributed by atoms with Crippen molar-refractivity contribution in [1.29, 1.82) is 0 Å². The molecule has 88 valence electrons. The molecule has 4 heteroatoms. The van der Waals surface area contributed by atoms with Crippen molar-refractivity contribution in [3.8, 4) is 24.7 Å². The van der Waals surface area contributed by atoms with Crippen LogP contribution >= 0.6 is 0 Å². The monoisotopic (exact) mass is 247 g/mol. The molecule has 0 aromatic heterocycles. The van der Waals surface area contributed by atoms with Crippen LogP contribution in [0.2, 0.25) is 0 Å². The third-order valence-electron chi connectivity index (χ3n) is 2.19. The maximum absolute atomic E-state index is 12.2. The number of benzene rings is 1. The number of sulfonamides is 1. The van der Waals surface area contributed by atoms with Crippen molar-refractivity contribution in [2.75, 3.05) is 13.1 Å². The van der Waals surface area contributed by atoms with Crippen molar-refractivity contribution in [3.63, 3.8) is 0 Å². The third kappa shape index (κ3) is 3.10. The molecular weight excluding hydrogens is 234 g/mol. The minimum atomic E-state index is -3.59. The summed E-state index contributed by atoms with van der Waals surface area (Å²) < 4.78 is 25.4. The van der Waals surface area contributed by atoms with Gasteiger partial charge in [0.25, 0.3) is 0 Å². The predicted octanol–water partition coefficient (Wildman–Crippen LogP) is 1.25. The largest absolute Gasteiger partial charge is 0.244 e. The van der Waals surface area contributed by atoms with Crippen LogP contribution in [0, 0.1) is 31.6 Å². The molecule has 0 atom stereocenters. The lowest BCUT2D eigenvalue weighted by Crippen LogP contribution is -2.31. The molecule has 0 heterocycles. The van der Waals surface area contributed by atoms with E-state index in [0.29, 0.717) is 0 Å². The standard InChI is InChI=1S/C13H13NO2S/c1-4-10-14(11-5-2)17(15,16)13-8-6-12(3)7-9-13/h1-2,6-9H,10-11H2,3H3. The van der Waals surface area contributed by atoms with E-state index in [0.717, 1.165) is 9.87 Å². The lowest BCUT2D eigenvalue weighted by atomic mass is 10.2. The summed E-state index contributed by atoms with van der Waals surface area (Å²) in [4.78, 5) is 0.202. The Labute approximate surface area is 103 Å². The Balaban J connectivity index is 3.13. The molecule has 1 rings (SSSR count). The molecule has 1 aromatic carbocycles. The van der Waals surface area contributed by atoms with Crippen LogP contribution in [-0.4, -0.2) is 25.8 Å². The second-order valence-corrected chi connectivity index (χ2v) is 5.43. The Bertz CT molecular complexity index is 543. The predicted molar refractivity (Wildman–Crippen MR) is 67.6 cm³/mol. The summed E-state index contributed by atoms with van der Waals surface area (Å²) in [7, 11) is -3.59. The van der Waals surface area contributed by atoms with Crippen LogP contribution in [0.25, 0.3) is 0 Å². The highest BCUT2D eigenvalue weighted by molar-refractivity contribution is 7.89. The lowest BCUT2D eigenvalue weighted by molar-refractivity contribution is 0.482. The van der Waals surface area contributed by atoms with Crippen molar-refractivity contribution < 1.29 is 8.42 Å². The van der Waals surface area contributed by atoms with Crippen molar-refractivity contribution >= 4 is 10.0 Å². The lowest BCUT2D eigenvalue weighted by Gasteiger charge is -2.17. The molecule has 1 aromatic rings. The van der Waals surface area contributed by atoms with Crippen LogP contribution in [0.4, 0.5) is 0 Å². The van der Waals surface area contributed by atoms with Crippen LogP contribution < -0.4 is 0 Å². The van der Waals surface area contributed by atoms with E-state index in [1.165, 1.54) is 0 Å². The molecule has 0 aliphatic rings. The quantitative estimate of drug-likeness (QED) is 0.751.